The van der Waals surface area contributed by atoms with Gasteiger partial charge in [0.2, 0.25) is 0 Å². The molecule has 0 fully saturated rings. The number of carbonyl (C=O) groups excluding carboxylic acids is 1. The zero-order valence-corrected chi connectivity index (χ0v) is 22.5. The Morgan fingerprint density at radius 2 is 1.95 bits per heavy atom. The van der Waals surface area contributed by atoms with Crippen LogP contribution in [0.15, 0.2) is 53.6 Å². The maximum Gasteiger partial charge on any atom is 0.274 e. The Morgan fingerprint density at radius 3 is 2.59 bits per heavy atom. The van der Waals surface area contributed by atoms with Gasteiger partial charge in [0, 0.05) is 48.1 Å². The maximum absolute atomic E-state index is 13.4. The van der Waals surface area contributed by atoms with E-state index in [9.17, 15) is 14.7 Å². The Kier molecular flexibility index (Phi) is 6.29. The number of hydrogen-bond acceptors (Lipinski definition) is 6. The number of amides is 1. The number of hydrogen-bond donors (Lipinski definition) is 2. The van der Waals surface area contributed by atoms with Crippen molar-refractivity contribution >= 4 is 34.4 Å². The smallest absolute Gasteiger partial charge is 0.274 e. The summed E-state index contributed by atoms with van der Waals surface area (Å²) in [6.45, 7) is 9.39. The number of fused-ring (bicyclic) bond motifs is 1. The summed E-state index contributed by atoms with van der Waals surface area (Å²) in [5.41, 5.74) is 4.03. The van der Waals surface area contributed by atoms with Crippen molar-refractivity contribution in [3.63, 3.8) is 0 Å². The van der Waals surface area contributed by atoms with Gasteiger partial charge in [-0.1, -0.05) is 32.9 Å². The number of benzene rings is 1. The van der Waals surface area contributed by atoms with Gasteiger partial charge in [-0.25, -0.2) is 0 Å². The third kappa shape index (κ3) is 4.49. The van der Waals surface area contributed by atoms with E-state index in [-0.39, 0.29) is 23.5 Å². The van der Waals surface area contributed by atoms with Crippen molar-refractivity contribution in [2.75, 3.05) is 10.2 Å². The lowest BCUT2D eigenvalue weighted by atomic mass is 9.94. The maximum atomic E-state index is 13.4. The first-order chi connectivity index (χ1) is 17.6. The van der Waals surface area contributed by atoms with Crippen molar-refractivity contribution in [3.05, 3.63) is 80.0 Å². The highest BCUT2D eigenvalue weighted by Gasteiger charge is 2.34. The number of aromatic nitrogens is 3. The van der Waals surface area contributed by atoms with Crippen LogP contribution in [-0.2, 0) is 32.2 Å². The molecule has 4 aromatic rings. The molecule has 0 bridgehead atoms. The van der Waals surface area contributed by atoms with Gasteiger partial charge in [0.1, 0.15) is 5.69 Å². The van der Waals surface area contributed by atoms with Crippen LogP contribution in [0.4, 0.5) is 17.2 Å². The molecule has 9 heteroatoms. The molecule has 1 amide bonds. The van der Waals surface area contributed by atoms with E-state index in [4.69, 9.17) is 0 Å². The summed E-state index contributed by atoms with van der Waals surface area (Å²) in [6.07, 6.45) is 3.59. The highest BCUT2D eigenvalue weighted by atomic mass is 32.1. The number of rotatable bonds is 6. The third-order valence-electron chi connectivity index (χ3n) is 6.64. The second-order valence-corrected chi connectivity index (χ2v) is 11.4. The van der Waals surface area contributed by atoms with E-state index < -0.39 is 0 Å². The third-order valence-corrected chi connectivity index (χ3v) is 8.23. The van der Waals surface area contributed by atoms with Crippen LogP contribution in [0.2, 0.25) is 0 Å². The van der Waals surface area contributed by atoms with Crippen LogP contribution in [0.1, 0.15) is 53.4 Å². The van der Waals surface area contributed by atoms with Crippen molar-refractivity contribution in [1.29, 1.82) is 0 Å². The van der Waals surface area contributed by atoms with Crippen LogP contribution in [0.5, 0.6) is 0 Å². The monoisotopic (exact) mass is 517 g/mol. The van der Waals surface area contributed by atoms with Gasteiger partial charge in [0.05, 0.1) is 23.7 Å². The molecule has 0 aliphatic carbocycles. The Morgan fingerprint density at radius 1 is 1.16 bits per heavy atom. The average molecular weight is 518 g/mol. The lowest BCUT2D eigenvalue weighted by molar-refractivity contribution is 0.0999. The predicted molar refractivity (Wildman–Crippen MR) is 148 cm³/mol. The molecule has 0 atom stereocenters. The minimum absolute atomic E-state index is 0.0139. The van der Waals surface area contributed by atoms with Crippen LogP contribution < -0.4 is 15.8 Å². The summed E-state index contributed by atoms with van der Waals surface area (Å²) in [4.78, 5) is 30.0. The van der Waals surface area contributed by atoms with Crippen molar-refractivity contribution in [1.82, 2.24) is 14.3 Å². The highest BCUT2D eigenvalue weighted by Crippen LogP contribution is 2.41. The Bertz CT molecular complexity index is 1560. The lowest BCUT2D eigenvalue weighted by Crippen LogP contribution is -2.25. The van der Waals surface area contributed by atoms with Gasteiger partial charge in [-0.3, -0.25) is 14.3 Å². The summed E-state index contributed by atoms with van der Waals surface area (Å²) < 4.78 is 3.29. The van der Waals surface area contributed by atoms with Crippen LogP contribution in [0.3, 0.4) is 0 Å². The Labute approximate surface area is 219 Å². The topological polar surface area (TPSA) is 92.4 Å². The zero-order chi connectivity index (χ0) is 26.5. The highest BCUT2D eigenvalue weighted by molar-refractivity contribution is 7.14. The van der Waals surface area contributed by atoms with Crippen LogP contribution in [-0.4, -0.2) is 25.4 Å². The molecular formula is C28H31N5O3S. The summed E-state index contributed by atoms with van der Waals surface area (Å²) in [6, 6.07) is 11.4. The van der Waals surface area contributed by atoms with E-state index in [2.05, 4.69) is 37.3 Å². The number of aliphatic hydroxyl groups excluding tert-OH is 1. The van der Waals surface area contributed by atoms with E-state index in [0.717, 1.165) is 28.1 Å². The predicted octanol–water partition coefficient (Wildman–Crippen LogP) is 5.02. The van der Waals surface area contributed by atoms with E-state index in [1.54, 1.807) is 40.2 Å². The molecule has 1 aliphatic rings. The number of anilines is 3. The minimum atomic E-state index is -0.247. The number of aryl methyl sites for hydroxylation is 2. The average Bonchev–Trinajstić information content (AvgIpc) is 3.57. The molecule has 0 spiro atoms. The molecule has 192 valence electrons. The van der Waals surface area contributed by atoms with Crippen LogP contribution in [0.25, 0.3) is 11.1 Å². The van der Waals surface area contributed by atoms with Crippen molar-refractivity contribution in [2.45, 2.75) is 52.8 Å². The van der Waals surface area contributed by atoms with E-state index in [1.165, 1.54) is 9.44 Å². The zero-order valence-electron chi connectivity index (χ0n) is 21.7. The van der Waals surface area contributed by atoms with Crippen molar-refractivity contribution in [3.8, 4) is 11.1 Å². The lowest BCUT2D eigenvalue weighted by Gasteiger charge is -2.22. The first-order valence-corrected chi connectivity index (χ1v) is 13.1. The molecule has 5 rings (SSSR count). The van der Waals surface area contributed by atoms with Gasteiger partial charge in [-0.2, -0.15) is 5.10 Å². The molecular weight excluding hydrogens is 486 g/mol. The molecule has 0 unspecified atom stereocenters. The standard InChI is InChI=1S/C28H31N5O3S/c1-6-32-11-10-24(30-32)29-21-12-17(14-31(5)26(21)35)19-8-7-9-22(20(19)16-34)33-15-18-13-23(28(2,3)4)37-25(18)27(33)36/h7-14,34H,6,15-16H2,1-5H3,(H,29,30). The molecule has 8 nitrogen and oxygen atoms in total. The SMILES string of the molecule is CCn1ccc(Nc2cc(-c3cccc(N4Cc5cc(C(C)(C)C)sc5C4=O)c3CO)cn(C)c2=O)n1. The first kappa shape index (κ1) is 25.0. The molecule has 2 N–H and O–H groups in total. The minimum Gasteiger partial charge on any atom is -0.392 e. The molecule has 1 aromatic carbocycles. The quantitative estimate of drug-likeness (QED) is 0.375. The number of thiophene rings is 1. The number of pyridine rings is 1. The second kappa shape index (κ2) is 9.32. The molecule has 37 heavy (non-hydrogen) atoms. The molecule has 4 heterocycles. The van der Waals surface area contributed by atoms with Crippen molar-refractivity contribution in [2.24, 2.45) is 7.05 Å². The molecule has 0 radical (unpaired) electrons. The summed E-state index contributed by atoms with van der Waals surface area (Å²) in [5.74, 6) is 0.535. The van der Waals surface area contributed by atoms with Gasteiger partial charge < -0.3 is 19.9 Å². The number of nitrogens with one attached hydrogen (secondary N) is 1. The number of carbonyl (C=O) groups is 1. The fraction of sp³-hybridized carbons (Fsp3) is 0.321. The molecule has 0 saturated carbocycles. The van der Waals surface area contributed by atoms with Crippen LogP contribution in [0, 0.1) is 0 Å². The fourth-order valence-electron chi connectivity index (χ4n) is 4.61. The van der Waals surface area contributed by atoms with Crippen LogP contribution >= 0.6 is 11.3 Å². The van der Waals surface area contributed by atoms with Gasteiger partial charge in [-0.15, -0.1) is 11.3 Å². The Balaban J connectivity index is 1.52. The molecule has 1 aliphatic heterocycles. The summed E-state index contributed by atoms with van der Waals surface area (Å²) in [5, 5.41) is 18.0. The number of nitrogens with zero attached hydrogens (tertiary/aromatic N) is 4. The van der Waals surface area contributed by atoms with E-state index in [0.29, 0.717) is 29.3 Å². The Hall–Kier alpha value is -3.69. The normalized spacial score (nSPS) is 13.4. The number of aliphatic hydroxyl groups is 1. The summed E-state index contributed by atoms with van der Waals surface area (Å²) in [7, 11) is 1.69. The largest absolute Gasteiger partial charge is 0.392 e. The molecule has 3 aromatic heterocycles. The van der Waals surface area contributed by atoms with Crippen molar-refractivity contribution < 1.29 is 9.90 Å². The van der Waals surface area contributed by atoms with Gasteiger partial charge in [0.15, 0.2) is 5.82 Å². The fourth-order valence-corrected chi connectivity index (χ4v) is 5.79. The second-order valence-electron chi connectivity index (χ2n) is 10.3. The summed E-state index contributed by atoms with van der Waals surface area (Å²) >= 11 is 1.55. The van der Waals surface area contributed by atoms with Gasteiger partial charge >= 0.3 is 0 Å². The first-order valence-electron chi connectivity index (χ1n) is 12.3. The van der Waals surface area contributed by atoms with E-state index in [1.807, 2.05) is 37.4 Å². The van der Waals surface area contributed by atoms with E-state index >= 15 is 0 Å². The molecule has 0 saturated heterocycles. The van der Waals surface area contributed by atoms with Gasteiger partial charge in [-0.05, 0) is 41.7 Å². The van der Waals surface area contributed by atoms with Gasteiger partial charge in [0.25, 0.3) is 11.5 Å².